The van der Waals surface area contributed by atoms with Gasteiger partial charge in [-0.05, 0) is 48.4 Å². The van der Waals surface area contributed by atoms with E-state index in [1.165, 1.54) is 19.0 Å². The summed E-state index contributed by atoms with van der Waals surface area (Å²) in [4.78, 5) is 68.9. The topological polar surface area (TPSA) is 175 Å². The van der Waals surface area contributed by atoms with Crippen LogP contribution in [0.25, 0.3) is 0 Å². The lowest BCUT2D eigenvalue weighted by atomic mass is 9.48. The summed E-state index contributed by atoms with van der Waals surface area (Å²) in [7, 11) is 2.94. The van der Waals surface area contributed by atoms with Crippen molar-refractivity contribution >= 4 is 29.0 Å². The summed E-state index contributed by atoms with van der Waals surface area (Å²) in [6, 6.07) is 2.07. The van der Waals surface area contributed by atoms with Gasteiger partial charge in [-0.25, -0.2) is 0 Å². The van der Waals surface area contributed by atoms with E-state index in [0.717, 1.165) is 0 Å². The van der Waals surface area contributed by atoms with Gasteiger partial charge in [-0.2, -0.15) is 0 Å². The van der Waals surface area contributed by atoms with Crippen molar-refractivity contribution in [2.45, 2.75) is 77.0 Å². The van der Waals surface area contributed by atoms with Crippen LogP contribution in [-0.2, 0) is 24.6 Å². The van der Waals surface area contributed by atoms with Crippen molar-refractivity contribution in [3.8, 4) is 5.75 Å². The van der Waals surface area contributed by atoms with Gasteiger partial charge in [0.15, 0.2) is 34.7 Å². The fourth-order valence-corrected chi connectivity index (χ4v) is 7.32. The second kappa shape index (κ2) is 9.29. The summed E-state index contributed by atoms with van der Waals surface area (Å²) in [5.41, 5.74) is 2.33. The highest BCUT2D eigenvalue weighted by atomic mass is 16.3. The molecule has 2 fully saturated rings. The molecule has 0 spiro atoms. The Bertz CT molecular complexity index is 1320. The number of carbonyl (C=O) groups is 5. The summed E-state index contributed by atoms with van der Waals surface area (Å²) in [5, 5.41) is 35.2. The molecule has 8 atom stereocenters. The van der Waals surface area contributed by atoms with Crippen molar-refractivity contribution in [3.05, 3.63) is 28.8 Å². The molecule has 10 nitrogen and oxygen atoms in total. The van der Waals surface area contributed by atoms with Crippen LogP contribution in [0.4, 0.5) is 0 Å². The fraction of sp³-hybridized carbons (Fsp3) is 0.633. The van der Waals surface area contributed by atoms with Crippen LogP contribution < -0.4 is 5.73 Å². The van der Waals surface area contributed by atoms with E-state index in [1.54, 1.807) is 12.1 Å². The number of phenolic OH excluding ortho intramolecular Hbond substituents is 1. The predicted molar refractivity (Wildman–Crippen MR) is 145 cm³/mol. The monoisotopic (exact) mass is 556 g/mol. The molecule has 4 rings (SSSR count). The van der Waals surface area contributed by atoms with Gasteiger partial charge in [0, 0.05) is 5.92 Å². The molecule has 0 radical (unpaired) electrons. The molecule has 40 heavy (non-hydrogen) atoms. The summed E-state index contributed by atoms with van der Waals surface area (Å²) in [6.45, 7) is 11.5. The lowest BCUT2D eigenvalue weighted by Crippen LogP contribution is -2.77. The number of likely N-dealkylation sites (N-methyl/N-ethyl adjacent to an activating group) is 1. The number of aromatic hydroxyl groups is 1. The van der Waals surface area contributed by atoms with E-state index in [1.807, 2.05) is 41.5 Å². The first-order valence-corrected chi connectivity index (χ1v) is 13.6. The molecule has 218 valence electrons. The summed E-state index contributed by atoms with van der Waals surface area (Å²) in [5.74, 6) is -13.1. The molecule has 0 aromatic heterocycles. The van der Waals surface area contributed by atoms with E-state index in [0.29, 0.717) is 17.5 Å². The minimum absolute atomic E-state index is 0.0690. The highest BCUT2D eigenvalue weighted by Crippen LogP contribution is 2.57. The van der Waals surface area contributed by atoms with Gasteiger partial charge in [0.1, 0.15) is 5.75 Å². The van der Waals surface area contributed by atoms with Gasteiger partial charge < -0.3 is 21.1 Å². The van der Waals surface area contributed by atoms with Crippen molar-refractivity contribution in [1.29, 1.82) is 0 Å². The highest BCUT2D eigenvalue weighted by molar-refractivity contribution is 6.32. The molecule has 2 unspecified atom stereocenters. The van der Waals surface area contributed by atoms with Crippen molar-refractivity contribution in [3.63, 3.8) is 0 Å². The Hall–Kier alpha value is -2.95. The van der Waals surface area contributed by atoms with E-state index in [9.17, 15) is 39.3 Å². The van der Waals surface area contributed by atoms with E-state index >= 15 is 0 Å². The number of nitrogens with zero attached hydrogens (tertiary/aromatic N) is 1. The largest absolute Gasteiger partial charge is 0.507 e. The first-order valence-electron chi connectivity index (χ1n) is 13.6. The quantitative estimate of drug-likeness (QED) is 0.397. The molecule has 2 saturated carbocycles. The van der Waals surface area contributed by atoms with Gasteiger partial charge in [-0.3, -0.25) is 28.9 Å². The zero-order valence-electron chi connectivity index (χ0n) is 24.3. The Kier molecular flexibility index (Phi) is 6.97. The number of fused-ring (bicyclic) bond motifs is 3. The molecular formula is C30H40N2O8. The molecule has 0 saturated heterocycles. The third-order valence-corrected chi connectivity index (χ3v) is 8.93. The van der Waals surface area contributed by atoms with Crippen LogP contribution in [0, 0.1) is 29.1 Å². The Balaban J connectivity index is 2.03. The third-order valence-electron chi connectivity index (χ3n) is 8.93. The maximum Gasteiger partial charge on any atom is 0.235 e. The molecule has 0 heterocycles. The Labute approximate surface area is 233 Å². The van der Waals surface area contributed by atoms with E-state index < -0.39 is 81.8 Å². The highest BCUT2D eigenvalue weighted by Gasteiger charge is 2.73. The number of ketones is 4. The summed E-state index contributed by atoms with van der Waals surface area (Å²) >= 11 is 0. The number of nitrogens with two attached hydrogens (primary N) is 1. The van der Waals surface area contributed by atoms with Crippen molar-refractivity contribution in [2.75, 3.05) is 14.1 Å². The Morgan fingerprint density at radius 2 is 1.60 bits per heavy atom. The summed E-state index contributed by atoms with van der Waals surface area (Å²) < 4.78 is 0. The average molecular weight is 557 g/mol. The molecule has 10 heteroatoms. The molecule has 1 aromatic rings. The molecule has 1 amide bonds. The van der Waals surface area contributed by atoms with E-state index in [-0.39, 0.29) is 16.7 Å². The maximum atomic E-state index is 14.3. The van der Waals surface area contributed by atoms with Crippen LogP contribution >= 0.6 is 0 Å². The number of hydrogen-bond acceptors (Lipinski definition) is 9. The first-order chi connectivity index (χ1) is 18.2. The first kappa shape index (κ1) is 30.0. The van der Waals surface area contributed by atoms with Gasteiger partial charge in [0.05, 0.1) is 29.5 Å². The lowest BCUT2D eigenvalue weighted by molar-refractivity contribution is -0.197. The SMILES string of the molecule is CN(C)[C@@H]1C(=O)C(C(N)=O)C(=O)[C@@]2(O)C(=O)C3C(=O)c4c(ccc(C(C)(C)C)c4O)[C@H](CC(C)(C)C)[C@H]3[C@H](O)[C@@H]12. The van der Waals surface area contributed by atoms with Gasteiger partial charge in [0.2, 0.25) is 5.91 Å². The number of rotatable bonds is 3. The number of carbonyl (C=O) groups excluding carboxylic acids is 5. The van der Waals surface area contributed by atoms with Gasteiger partial charge in [0.25, 0.3) is 0 Å². The number of aliphatic hydroxyl groups excluding tert-OH is 1. The number of phenols is 1. The molecule has 3 aliphatic rings. The Morgan fingerprint density at radius 1 is 1.02 bits per heavy atom. The molecule has 0 bridgehead atoms. The smallest absolute Gasteiger partial charge is 0.235 e. The minimum Gasteiger partial charge on any atom is -0.507 e. The Morgan fingerprint density at radius 3 is 2.08 bits per heavy atom. The van der Waals surface area contributed by atoms with Gasteiger partial charge >= 0.3 is 0 Å². The zero-order chi connectivity index (χ0) is 30.4. The fourth-order valence-electron chi connectivity index (χ4n) is 7.32. The number of Topliss-reactive ketones (excluding diaryl/α,β-unsaturated/α-hetero) is 4. The standard InChI is InChI=1S/C30H40N2O8/c1-28(2,3)11-13-12-9-10-14(29(4,5)6)21(33)16(12)22(34)17-15(13)23(35)19-20(32(7)8)24(36)18(27(31)39)26(38)30(19,40)25(17)37/h9-10,13,15,17-20,23,33,35,40H,11H2,1-8H3,(H2,31,39)/t13-,15+,17?,18?,19+,20-,23-,30-/m0/s1. The molecule has 3 aliphatic carbocycles. The van der Waals surface area contributed by atoms with Crippen LogP contribution in [-0.4, -0.2) is 81.1 Å². The maximum absolute atomic E-state index is 14.3. The van der Waals surface area contributed by atoms with Crippen molar-refractivity contribution in [2.24, 2.45) is 34.8 Å². The van der Waals surface area contributed by atoms with Crippen molar-refractivity contribution < 1.29 is 39.3 Å². The molecule has 5 N–H and O–H groups in total. The predicted octanol–water partition coefficient (Wildman–Crippen LogP) is 1.11. The number of hydrogen-bond donors (Lipinski definition) is 4. The lowest BCUT2D eigenvalue weighted by Gasteiger charge is -2.56. The number of aliphatic hydroxyl groups is 2. The van der Waals surface area contributed by atoms with Crippen LogP contribution in [0.1, 0.15) is 75.4 Å². The summed E-state index contributed by atoms with van der Waals surface area (Å²) in [6.07, 6.45) is -1.27. The molecule has 0 aliphatic heterocycles. The number of amides is 1. The van der Waals surface area contributed by atoms with Crippen LogP contribution in [0.2, 0.25) is 0 Å². The zero-order valence-corrected chi connectivity index (χ0v) is 24.3. The second-order valence-electron chi connectivity index (χ2n) is 14.1. The second-order valence-corrected chi connectivity index (χ2v) is 14.1. The molecule has 1 aromatic carbocycles. The van der Waals surface area contributed by atoms with Crippen LogP contribution in [0.3, 0.4) is 0 Å². The average Bonchev–Trinajstić information content (AvgIpc) is 2.78. The third kappa shape index (κ3) is 4.14. The number of benzene rings is 1. The van der Waals surface area contributed by atoms with Gasteiger partial charge in [-0.1, -0.05) is 53.7 Å². The van der Waals surface area contributed by atoms with E-state index in [2.05, 4.69) is 0 Å². The van der Waals surface area contributed by atoms with Crippen molar-refractivity contribution in [1.82, 2.24) is 4.90 Å². The molecular weight excluding hydrogens is 516 g/mol. The normalized spacial score (nSPS) is 34.4. The van der Waals surface area contributed by atoms with Gasteiger partial charge in [-0.15, -0.1) is 0 Å². The number of primary amides is 1. The van der Waals surface area contributed by atoms with E-state index in [4.69, 9.17) is 5.73 Å². The minimum atomic E-state index is -3.01. The van der Waals surface area contributed by atoms with Crippen LogP contribution in [0.15, 0.2) is 12.1 Å². The van der Waals surface area contributed by atoms with Crippen LogP contribution in [0.5, 0.6) is 5.75 Å².